The van der Waals surface area contributed by atoms with Crippen LogP contribution < -0.4 is 5.32 Å². The summed E-state index contributed by atoms with van der Waals surface area (Å²) in [5.74, 6) is 0. The fraction of sp³-hybridized carbons (Fsp3) is 0.333. The molecule has 1 unspecified atom stereocenters. The zero-order chi connectivity index (χ0) is 11.7. The molecule has 1 saturated heterocycles. The highest BCUT2D eigenvalue weighted by atomic mass is 16.5. The van der Waals surface area contributed by atoms with E-state index in [1.807, 2.05) is 6.07 Å². The maximum atomic E-state index is 11.0. The summed E-state index contributed by atoms with van der Waals surface area (Å²) in [6.45, 7) is 2.19. The lowest BCUT2D eigenvalue weighted by Crippen LogP contribution is -2.34. The van der Waals surface area contributed by atoms with Gasteiger partial charge in [0.1, 0.15) is 5.65 Å². The minimum absolute atomic E-state index is 0.128. The van der Waals surface area contributed by atoms with Crippen LogP contribution in [0.5, 0.6) is 0 Å². The van der Waals surface area contributed by atoms with E-state index >= 15 is 0 Å². The van der Waals surface area contributed by atoms with E-state index in [9.17, 15) is 4.79 Å². The second kappa shape index (κ2) is 4.27. The van der Waals surface area contributed by atoms with Crippen molar-refractivity contribution in [2.24, 2.45) is 0 Å². The second-order valence-corrected chi connectivity index (χ2v) is 4.07. The van der Waals surface area contributed by atoms with E-state index in [1.165, 1.54) is 0 Å². The molecule has 2 aromatic heterocycles. The van der Waals surface area contributed by atoms with E-state index in [0.29, 0.717) is 12.2 Å². The maximum Gasteiger partial charge on any atom is 0.152 e. The van der Waals surface area contributed by atoms with Crippen molar-refractivity contribution in [3.8, 4) is 0 Å². The van der Waals surface area contributed by atoms with E-state index in [1.54, 1.807) is 12.4 Å². The molecule has 1 atom stereocenters. The van der Waals surface area contributed by atoms with Gasteiger partial charge in [-0.05, 0) is 11.6 Å². The zero-order valence-corrected chi connectivity index (χ0v) is 9.27. The van der Waals surface area contributed by atoms with E-state index in [2.05, 4.69) is 15.3 Å². The Balaban J connectivity index is 2.13. The van der Waals surface area contributed by atoms with Crippen molar-refractivity contribution >= 4 is 17.3 Å². The average molecular weight is 231 g/mol. The van der Waals surface area contributed by atoms with E-state index in [4.69, 9.17) is 4.74 Å². The highest BCUT2D eigenvalue weighted by molar-refractivity contribution is 5.97. The van der Waals surface area contributed by atoms with Gasteiger partial charge in [0.2, 0.25) is 0 Å². The Morgan fingerprint density at radius 2 is 2.47 bits per heavy atom. The van der Waals surface area contributed by atoms with Gasteiger partial charge in [0, 0.05) is 29.9 Å². The van der Waals surface area contributed by atoms with Gasteiger partial charge in [-0.15, -0.1) is 0 Å². The van der Waals surface area contributed by atoms with E-state index < -0.39 is 0 Å². The van der Waals surface area contributed by atoms with Crippen LogP contribution in [0.4, 0.5) is 0 Å². The van der Waals surface area contributed by atoms with Gasteiger partial charge in [-0.2, -0.15) is 0 Å². The topological polar surface area (TPSA) is 67.0 Å². The first-order chi connectivity index (χ1) is 8.40. The minimum atomic E-state index is 0.128. The first-order valence-corrected chi connectivity index (χ1v) is 5.62. The summed E-state index contributed by atoms with van der Waals surface area (Å²) in [6.07, 6.45) is 4.30. The number of hydrogen-bond acceptors (Lipinski definition) is 4. The molecular formula is C12H13N3O2. The number of carbonyl (C=O) groups excluding carboxylic acids is 1. The fourth-order valence-electron chi connectivity index (χ4n) is 2.26. The molecule has 0 radical (unpaired) electrons. The molecule has 88 valence electrons. The molecule has 0 amide bonds. The van der Waals surface area contributed by atoms with Crippen LogP contribution in [0.25, 0.3) is 11.0 Å². The van der Waals surface area contributed by atoms with Crippen LogP contribution in [0.3, 0.4) is 0 Å². The largest absolute Gasteiger partial charge is 0.378 e. The number of rotatable bonds is 2. The summed E-state index contributed by atoms with van der Waals surface area (Å²) in [5, 5.41) is 4.28. The van der Waals surface area contributed by atoms with E-state index in [-0.39, 0.29) is 6.04 Å². The van der Waals surface area contributed by atoms with Crippen molar-refractivity contribution < 1.29 is 9.53 Å². The van der Waals surface area contributed by atoms with Crippen LogP contribution in [0.2, 0.25) is 0 Å². The maximum absolute atomic E-state index is 11.0. The number of aromatic nitrogens is 2. The molecule has 0 aliphatic carbocycles. The summed E-state index contributed by atoms with van der Waals surface area (Å²) in [5.41, 5.74) is 2.46. The van der Waals surface area contributed by atoms with Gasteiger partial charge in [-0.3, -0.25) is 4.79 Å². The van der Waals surface area contributed by atoms with Gasteiger partial charge < -0.3 is 15.0 Å². The number of aldehydes is 1. The lowest BCUT2D eigenvalue weighted by Gasteiger charge is -2.24. The Kier molecular flexibility index (Phi) is 2.62. The first kappa shape index (κ1) is 10.4. The van der Waals surface area contributed by atoms with Crippen LogP contribution in [-0.2, 0) is 4.74 Å². The summed E-state index contributed by atoms with van der Waals surface area (Å²) >= 11 is 0. The quantitative estimate of drug-likeness (QED) is 0.758. The SMILES string of the molecule is O=Cc1c[nH]c2nccc(C3COCCN3)c12. The zero-order valence-electron chi connectivity index (χ0n) is 9.27. The second-order valence-electron chi connectivity index (χ2n) is 4.07. The van der Waals surface area contributed by atoms with Gasteiger partial charge in [0.05, 0.1) is 19.3 Å². The molecule has 2 N–H and O–H groups in total. The first-order valence-electron chi connectivity index (χ1n) is 5.62. The molecule has 1 fully saturated rings. The average Bonchev–Trinajstić information content (AvgIpc) is 2.82. The highest BCUT2D eigenvalue weighted by Crippen LogP contribution is 2.26. The lowest BCUT2D eigenvalue weighted by atomic mass is 10.0. The molecule has 5 nitrogen and oxygen atoms in total. The number of pyridine rings is 1. The van der Waals surface area contributed by atoms with Crippen molar-refractivity contribution in [1.82, 2.24) is 15.3 Å². The minimum Gasteiger partial charge on any atom is -0.378 e. The van der Waals surface area contributed by atoms with Gasteiger partial charge in [-0.1, -0.05) is 0 Å². The molecule has 1 aliphatic heterocycles. The Morgan fingerprint density at radius 1 is 1.53 bits per heavy atom. The number of nitrogens with zero attached hydrogens (tertiary/aromatic N) is 1. The normalized spacial score (nSPS) is 20.6. The van der Waals surface area contributed by atoms with Crippen LogP contribution >= 0.6 is 0 Å². The molecule has 0 bridgehead atoms. The summed E-state index contributed by atoms with van der Waals surface area (Å²) < 4.78 is 5.45. The summed E-state index contributed by atoms with van der Waals surface area (Å²) in [6, 6.07) is 2.07. The molecule has 1 aliphatic rings. The van der Waals surface area contributed by atoms with Gasteiger partial charge in [0.25, 0.3) is 0 Å². The standard InChI is InChI=1S/C12H13N3O2/c16-6-8-5-15-12-11(8)9(1-2-14-12)10-7-17-4-3-13-10/h1-2,5-6,10,13H,3-4,7H2,(H,14,15). The Hall–Kier alpha value is -1.72. The number of hydrogen-bond donors (Lipinski definition) is 2. The number of ether oxygens (including phenoxy) is 1. The number of morpholine rings is 1. The van der Waals surface area contributed by atoms with Crippen molar-refractivity contribution in [3.05, 3.63) is 29.6 Å². The molecule has 3 heterocycles. The predicted octanol–water partition coefficient (Wildman–Crippen LogP) is 1.04. The molecular weight excluding hydrogens is 218 g/mol. The van der Waals surface area contributed by atoms with Crippen LogP contribution in [0, 0.1) is 0 Å². The third kappa shape index (κ3) is 1.73. The molecule has 0 aromatic carbocycles. The van der Waals surface area contributed by atoms with Gasteiger partial charge in [0.15, 0.2) is 6.29 Å². The molecule has 0 spiro atoms. The third-order valence-electron chi connectivity index (χ3n) is 3.06. The number of carbonyl (C=O) groups is 1. The fourth-order valence-corrected chi connectivity index (χ4v) is 2.26. The molecule has 5 heteroatoms. The highest BCUT2D eigenvalue weighted by Gasteiger charge is 2.19. The van der Waals surface area contributed by atoms with Gasteiger partial charge in [-0.25, -0.2) is 4.98 Å². The van der Waals surface area contributed by atoms with Crippen LogP contribution in [-0.4, -0.2) is 36.0 Å². The Morgan fingerprint density at radius 3 is 3.24 bits per heavy atom. The number of nitrogens with one attached hydrogen (secondary N) is 2. The molecule has 2 aromatic rings. The van der Waals surface area contributed by atoms with Crippen molar-refractivity contribution in [2.75, 3.05) is 19.8 Å². The van der Waals surface area contributed by atoms with Crippen LogP contribution in [0.15, 0.2) is 18.5 Å². The lowest BCUT2D eigenvalue weighted by molar-refractivity contribution is 0.0772. The summed E-state index contributed by atoms with van der Waals surface area (Å²) in [7, 11) is 0. The molecule has 0 saturated carbocycles. The predicted molar refractivity (Wildman–Crippen MR) is 63.0 cm³/mol. The Labute approximate surface area is 98.2 Å². The third-order valence-corrected chi connectivity index (χ3v) is 3.06. The van der Waals surface area contributed by atoms with Gasteiger partial charge >= 0.3 is 0 Å². The molecule has 17 heavy (non-hydrogen) atoms. The Bertz CT molecular complexity index is 544. The van der Waals surface area contributed by atoms with Crippen molar-refractivity contribution in [3.63, 3.8) is 0 Å². The molecule has 3 rings (SSSR count). The number of fused-ring (bicyclic) bond motifs is 1. The van der Waals surface area contributed by atoms with Crippen molar-refractivity contribution in [2.45, 2.75) is 6.04 Å². The summed E-state index contributed by atoms with van der Waals surface area (Å²) in [4.78, 5) is 18.2. The van der Waals surface area contributed by atoms with Crippen molar-refractivity contribution in [1.29, 1.82) is 0 Å². The van der Waals surface area contributed by atoms with Crippen LogP contribution in [0.1, 0.15) is 22.0 Å². The number of aromatic amines is 1. The van der Waals surface area contributed by atoms with E-state index in [0.717, 1.165) is 36.0 Å². The smallest absolute Gasteiger partial charge is 0.152 e. The number of H-pyrrole nitrogens is 1. The monoisotopic (exact) mass is 231 g/mol.